The number of anilines is 1. The van der Waals surface area contributed by atoms with Crippen molar-refractivity contribution in [2.45, 2.75) is 65.8 Å². The van der Waals surface area contributed by atoms with Gasteiger partial charge in [0.15, 0.2) is 10.9 Å². The van der Waals surface area contributed by atoms with E-state index in [9.17, 15) is 9.18 Å². The quantitative estimate of drug-likeness (QED) is 0.387. The smallest absolute Gasteiger partial charge is 0.314 e. The van der Waals surface area contributed by atoms with E-state index in [1.165, 1.54) is 12.5 Å². The van der Waals surface area contributed by atoms with Gasteiger partial charge >= 0.3 is 5.97 Å². The number of aromatic nitrogens is 3. The molecule has 180 valence electrons. The highest BCUT2D eigenvalue weighted by Crippen LogP contribution is 2.34. The van der Waals surface area contributed by atoms with Crippen LogP contribution < -0.4 is 10.1 Å². The first-order valence-electron chi connectivity index (χ1n) is 11.8. The average molecular weight is 483 g/mol. The third-order valence-electron chi connectivity index (χ3n) is 6.23. The second-order valence-corrected chi connectivity index (χ2v) is 10.4. The van der Waals surface area contributed by atoms with Crippen molar-refractivity contribution in [2.24, 2.45) is 11.8 Å². The third-order valence-corrected chi connectivity index (χ3v) is 7.22. The molecule has 6 nitrogen and oxygen atoms in total. The summed E-state index contributed by atoms with van der Waals surface area (Å²) in [5.41, 5.74) is 2.97. The Bertz CT molecular complexity index is 1160. The van der Waals surface area contributed by atoms with Gasteiger partial charge in [0.05, 0.1) is 22.2 Å². The Balaban J connectivity index is 1.48. The van der Waals surface area contributed by atoms with Gasteiger partial charge in [0.1, 0.15) is 0 Å². The Kier molecular flexibility index (Phi) is 7.56. The number of thiophene rings is 1. The highest BCUT2D eigenvalue weighted by Gasteiger charge is 2.27. The fourth-order valence-corrected chi connectivity index (χ4v) is 5.20. The lowest BCUT2D eigenvalue weighted by molar-refractivity contribution is -0.140. The van der Waals surface area contributed by atoms with Crippen molar-refractivity contribution in [1.82, 2.24) is 15.0 Å². The first-order valence-corrected chi connectivity index (χ1v) is 12.7. The van der Waals surface area contributed by atoms with Crippen molar-refractivity contribution >= 4 is 23.3 Å². The monoisotopic (exact) mass is 482 g/mol. The molecule has 0 spiro atoms. The molecule has 0 radical (unpaired) electrons. The molecule has 8 heteroatoms. The van der Waals surface area contributed by atoms with Crippen molar-refractivity contribution in [2.75, 3.05) is 5.32 Å². The van der Waals surface area contributed by atoms with Crippen LogP contribution in [0.4, 0.5) is 10.3 Å². The lowest BCUT2D eigenvalue weighted by atomic mass is 9.82. The van der Waals surface area contributed by atoms with E-state index in [-0.39, 0.29) is 17.0 Å². The maximum atomic E-state index is 14.2. The van der Waals surface area contributed by atoms with Crippen LogP contribution in [0.15, 0.2) is 30.5 Å². The van der Waals surface area contributed by atoms with E-state index in [0.717, 1.165) is 46.7 Å². The standard InChI is InChI=1S/C26H31FN4O2S/c1-15(2)20-10-11-28-26(31-20)29-14-19-13-23(27)34-24(19)21-8-9-22(17(4)30-21)33-25(32)18-7-5-6-16(3)12-18/h8-11,13,15-16,18H,5-7,12,14H2,1-4H3,(H,28,29,31)/t16-,18-/m0/s1. The van der Waals surface area contributed by atoms with Crippen LogP contribution in [-0.2, 0) is 11.3 Å². The number of carbonyl (C=O) groups is 1. The molecular weight excluding hydrogens is 451 g/mol. The molecule has 0 unspecified atom stereocenters. The molecule has 0 amide bonds. The predicted octanol–water partition coefficient (Wildman–Crippen LogP) is 6.51. The molecule has 3 aromatic heterocycles. The minimum Gasteiger partial charge on any atom is -0.424 e. The van der Waals surface area contributed by atoms with Gasteiger partial charge in [0.2, 0.25) is 5.95 Å². The zero-order valence-corrected chi connectivity index (χ0v) is 20.9. The lowest BCUT2D eigenvalue weighted by Gasteiger charge is -2.25. The van der Waals surface area contributed by atoms with Crippen LogP contribution in [0.1, 0.15) is 69.3 Å². The molecule has 1 saturated carbocycles. The fraction of sp³-hybridized carbons (Fsp3) is 0.462. The molecule has 0 bridgehead atoms. The molecule has 0 aliphatic heterocycles. The van der Waals surface area contributed by atoms with Gasteiger partial charge < -0.3 is 10.1 Å². The minimum atomic E-state index is -0.287. The van der Waals surface area contributed by atoms with Crippen molar-refractivity contribution < 1.29 is 13.9 Å². The molecule has 3 aromatic rings. The SMILES string of the molecule is Cc1nc(-c2sc(F)cc2CNc2nccc(C(C)C)n2)ccc1OC(=O)[C@H]1CCC[C@H](C)C1. The molecule has 0 saturated heterocycles. The Morgan fingerprint density at radius 2 is 2.09 bits per heavy atom. The summed E-state index contributed by atoms with van der Waals surface area (Å²) >= 11 is 1.04. The fourth-order valence-electron chi connectivity index (χ4n) is 4.32. The average Bonchev–Trinajstić information content (AvgIpc) is 3.19. The summed E-state index contributed by atoms with van der Waals surface area (Å²) in [7, 11) is 0. The number of halogens is 1. The number of pyridine rings is 1. The highest BCUT2D eigenvalue weighted by molar-refractivity contribution is 7.14. The van der Waals surface area contributed by atoms with E-state index in [0.29, 0.717) is 41.5 Å². The van der Waals surface area contributed by atoms with E-state index in [2.05, 4.69) is 41.0 Å². The number of aryl methyl sites for hydroxylation is 1. The summed E-state index contributed by atoms with van der Waals surface area (Å²) in [6, 6.07) is 6.94. The van der Waals surface area contributed by atoms with Crippen LogP contribution in [0.2, 0.25) is 0 Å². The predicted molar refractivity (Wildman–Crippen MR) is 132 cm³/mol. The molecule has 4 rings (SSSR count). The van der Waals surface area contributed by atoms with Gasteiger partial charge in [-0.25, -0.2) is 15.0 Å². The second-order valence-electron chi connectivity index (χ2n) is 9.39. The maximum Gasteiger partial charge on any atom is 0.314 e. The molecule has 1 fully saturated rings. The molecule has 1 aliphatic carbocycles. The lowest BCUT2D eigenvalue weighted by Crippen LogP contribution is -2.26. The van der Waals surface area contributed by atoms with Gasteiger partial charge in [-0.2, -0.15) is 4.39 Å². The summed E-state index contributed by atoms with van der Waals surface area (Å²) in [5, 5.41) is 2.91. The van der Waals surface area contributed by atoms with Crippen LogP contribution in [0.5, 0.6) is 5.75 Å². The Morgan fingerprint density at radius 3 is 2.82 bits per heavy atom. The minimum absolute atomic E-state index is 0.0525. The van der Waals surface area contributed by atoms with E-state index >= 15 is 0 Å². The van der Waals surface area contributed by atoms with Crippen molar-refractivity contribution in [3.63, 3.8) is 0 Å². The van der Waals surface area contributed by atoms with Gasteiger partial charge in [-0.05, 0) is 61.4 Å². The zero-order chi connectivity index (χ0) is 24.2. The maximum absolute atomic E-state index is 14.2. The number of ether oxygens (including phenoxy) is 1. The van der Waals surface area contributed by atoms with Gasteiger partial charge in [0, 0.05) is 18.4 Å². The van der Waals surface area contributed by atoms with E-state index in [1.807, 2.05) is 13.0 Å². The van der Waals surface area contributed by atoms with Crippen LogP contribution in [0, 0.1) is 23.9 Å². The molecule has 2 atom stereocenters. The van der Waals surface area contributed by atoms with Crippen LogP contribution >= 0.6 is 11.3 Å². The van der Waals surface area contributed by atoms with Crippen molar-refractivity contribution in [3.8, 4) is 16.3 Å². The summed E-state index contributed by atoms with van der Waals surface area (Å²) in [6.07, 6.45) is 5.70. The molecule has 1 N–H and O–H groups in total. The van der Waals surface area contributed by atoms with Crippen LogP contribution in [0.25, 0.3) is 10.6 Å². The van der Waals surface area contributed by atoms with Gasteiger partial charge in [0.25, 0.3) is 0 Å². The summed E-state index contributed by atoms with van der Waals surface area (Å²) < 4.78 is 19.9. The molecule has 3 heterocycles. The van der Waals surface area contributed by atoms with E-state index < -0.39 is 0 Å². The van der Waals surface area contributed by atoms with Crippen molar-refractivity contribution in [1.29, 1.82) is 0 Å². The van der Waals surface area contributed by atoms with Crippen LogP contribution in [-0.4, -0.2) is 20.9 Å². The highest BCUT2D eigenvalue weighted by atomic mass is 32.1. The number of carbonyl (C=O) groups excluding carboxylic acids is 1. The number of nitrogens with zero attached hydrogens (tertiary/aromatic N) is 3. The number of hydrogen-bond acceptors (Lipinski definition) is 7. The van der Waals surface area contributed by atoms with Crippen LogP contribution in [0.3, 0.4) is 0 Å². The first-order chi connectivity index (χ1) is 16.3. The number of esters is 1. The van der Waals surface area contributed by atoms with E-state index in [1.54, 1.807) is 18.3 Å². The molecule has 0 aromatic carbocycles. The topological polar surface area (TPSA) is 77.0 Å². The normalized spacial score (nSPS) is 18.2. The van der Waals surface area contributed by atoms with Gasteiger partial charge in [-0.1, -0.05) is 33.6 Å². The Labute approximate surface area is 204 Å². The first kappa shape index (κ1) is 24.3. The summed E-state index contributed by atoms with van der Waals surface area (Å²) in [5.74, 6) is 1.57. The summed E-state index contributed by atoms with van der Waals surface area (Å²) in [4.78, 5) is 26.8. The largest absolute Gasteiger partial charge is 0.424 e. The van der Waals surface area contributed by atoms with Gasteiger partial charge in [-0.15, -0.1) is 11.3 Å². The Hall–Kier alpha value is -2.87. The number of hydrogen-bond donors (Lipinski definition) is 1. The number of nitrogens with one attached hydrogen (secondary N) is 1. The third kappa shape index (κ3) is 5.78. The van der Waals surface area contributed by atoms with E-state index in [4.69, 9.17) is 4.74 Å². The molecule has 1 aliphatic rings. The van der Waals surface area contributed by atoms with Gasteiger partial charge in [-0.3, -0.25) is 4.79 Å². The second kappa shape index (κ2) is 10.6. The number of rotatable bonds is 7. The zero-order valence-electron chi connectivity index (χ0n) is 20.1. The summed E-state index contributed by atoms with van der Waals surface area (Å²) in [6.45, 7) is 8.50. The van der Waals surface area contributed by atoms with Crippen molar-refractivity contribution in [3.05, 3.63) is 52.5 Å². The molecular formula is C26H31FN4O2S. The Morgan fingerprint density at radius 1 is 1.26 bits per heavy atom. The molecule has 34 heavy (non-hydrogen) atoms.